The van der Waals surface area contributed by atoms with E-state index < -0.39 is 5.97 Å². The Morgan fingerprint density at radius 1 is 1.19 bits per heavy atom. The van der Waals surface area contributed by atoms with Crippen molar-refractivity contribution in [2.24, 2.45) is 0 Å². The van der Waals surface area contributed by atoms with Gasteiger partial charge in [-0.05, 0) is 38.1 Å². The zero-order valence-corrected chi connectivity index (χ0v) is 12.1. The molecule has 0 aliphatic rings. The molecule has 0 atom stereocenters. The van der Waals surface area contributed by atoms with Crippen molar-refractivity contribution in [2.45, 2.75) is 13.8 Å². The number of hydrogen-bond acceptors (Lipinski definition) is 5. The van der Waals surface area contributed by atoms with Crippen LogP contribution < -0.4 is 10.2 Å². The second kappa shape index (κ2) is 6.69. The van der Waals surface area contributed by atoms with E-state index in [0.29, 0.717) is 5.82 Å². The molecule has 0 bridgehead atoms. The Balaban J connectivity index is 2.15. The number of carbonyl (C=O) groups is 1. The molecule has 0 fully saturated rings. The van der Waals surface area contributed by atoms with Crippen molar-refractivity contribution in [1.82, 2.24) is 9.97 Å². The van der Waals surface area contributed by atoms with E-state index in [1.54, 1.807) is 24.3 Å². The quantitative estimate of drug-likeness (QED) is 0.850. The summed E-state index contributed by atoms with van der Waals surface area (Å²) in [7, 11) is 0. The van der Waals surface area contributed by atoms with Gasteiger partial charge in [0, 0.05) is 24.8 Å². The van der Waals surface area contributed by atoms with Crippen LogP contribution in [0, 0.1) is 0 Å². The Bertz CT molecular complexity index is 609. The van der Waals surface area contributed by atoms with Gasteiger partial charge in [0.05, 0.1) is 5.56 Å². The molecular formula is C15H18N4O2. The number of aromatic carboxylic acids is 1. The minimum Gasteiger partial charge on any atom is -0.478 e. The van der Waals surface area contributed by atoms with Gasteiger partial charge in [-0.15, -0.1) is 0 Å². The summed E-state index contributed by atoms with van der Waals surface area (Å²) in [5.41, 5.74) is 1.04. The van der Waals surface area contributed by atoms with E-state index in [1.807, 2.05) is 6.07 Å². The molecule has 2 aromatic rings. The van der Waals surface area contributed by atoms with Crippen molar-refractivity contribution in [3.8, 4) is 0 Å². The Morgan fingerprint density at radius 3 is 2.43 bits per heavy atom. The zero-order chi connectivity index (χ0) is 15.2. The van der Waals surface area contributed by atoms with Crippen molar-refractivity contribution in [1.29, 1.82) is 0 Å². The normalized spacial score (nSPS) is 10.2. The monoisotopic (exact) mass is 286 g/mol. The van der Waals surface area contributed by atoms with Crippen LogP contribution in [0.1, 0.15) is 24.2 Å². The van der Waals surface area contributed by atoms with E-state index in [0.717, 1.165) is 24.6 Å². The molecule has 2 rings (SSSR count). The van der Waals surface area contributed by atoms with Gasteiger partial charge in [0.25, 0.3) is 0 Å². The summed E-state index contributed by atoms with van der Waals surface area (Å²) in [5, 5.41) is 12.0. The maximum absolute atomic E-state index is 10.8. The summed E-state index contributed by atoms with van der Waals surface area (Å²) in [5.74, 6) is 0.599. The number of nitrogens with one attached hydrogen (secondary N) is 1. The Morgan fingerprint density at radius 2 is 1.86 bits per heavy atom. The summed E-state index contributed by atoms with van der Waals surface area (Å²) in [6, 6.07) is 8.40. The largest absolute Gasteiger partial charge is 0.478 e. The van der Waals surface area contributed by atoms with Gasteiger partial charge in [-0.25, -0.2) is 14.8 Å². The zero-order valence-electron chi connectivity index (χ0n) is 12.1. The van der Waals surface area contributed by atoms with Crippen molar-refractivity contribution in [3.05, 3.63) is 42.2 Å². The number of rotatable bonds is 6. The first-order valence-corrected chi connectivity index (χ1v) is 6.81. The third kappa shape index (κ3) is 3.68. The van der Waals surface area contributed by atoms with E-state index in [-0.39, 0.29) is 5.56 Å². The average Bonchev–Trinajstić information content (AvgIpc) is 2.49. The van der Waals surface area contributed by atoms with Crippen LogP contribution in [-0.2, 0) is 0 Å². The number of aromatic nitrogens is 2. The van der Waals surface area contributed by atoms with E-state index in [9.17, 15) is 4.79 Å². The number of hydrogen-bond donors (Lipinski definition) is 2. The predicted molar refractivity (Wildman–Crippen MR) is 82.3 cm³/mol. The van der Waals surface area contributed by atoms with Gasteiger partial charge in [-0.2, -0.15) is 0 Å². The highest BCUT2D eigenvalue weighted by molar-refractivity contribution is 5.88. The van der Waals surface area contributed by atoms with Crippen molar-refractivity contribution in [2.75, 3.05) is 23.3 Å². The predicted octanol–water partition coefficient (Wildman–Crippen LogP) is 2.76. The fraction of sp³-hybridized carbons (Fsp3) is 0.267. The van der Waals surface area contributed by atoms with Gasteiger partial charge in [-0.3, -0.25) is 0 Å². The summed E-state index contributed by atoms with van der Waals surface area (Å²) >= 11 is 0. The van der Waals surface area contributed by atoms with E-state index in [1.165, 1.54) is 6.33 Å². The van der Waals surface area contributed by atoms with Crippen LogP contribution in [0.3, 0.4) is 0 Å². The standard InChI is InChI=1S/C15H18N4O2/c1-3-19(4-2)14-9-13(16-10-17-14)18-12-7-5-11(6-8-12)15(20)21/h5-10H,3-4H2,1-2H3,(H,20,21)(H,16,17,18). The second-order valence-electron chi connectivity index (χ2n) is 4.44. The molecule has 0 radical (unpaired) electrons. The van der Waals surface area contributed by atoms with Crippen LogP contribution in [0.4, 0.5) is 17.3 Å². The lowest BCUT2D eigenvalue weighted by Gasteiger charge is -2.19. The Kier molecular flexibility index (Phi) is 4.71. The summed E-state index contributed by atoms with van der Waals surface area (Å²) in [6.07, 6.45) is 1.52. The molecule has 0 saturated carbocycles. The maximum atomic E-state index is 10.8. The molecule has 6 nitrogen and oxygen atoms in total. The first-order valence-electron chi connectivity index (χ1n) is 6.81. The van der Waals surface area contributed by atoms with Gasteiger partial charge in [-0.1, -0.05) is 0 Å². The van der Waals surface area contributed by atoms with Crippen LogP contribution in [-0.4, -0.2) is 34.1 Å². The van der Waals surface area contributed by atoms with E-state index in [4.69, 9.17) is 5.11 Å². The molecule has 1 heterocycles. The van der Waals surface area contributed by atoms with Crippen LogP contribution in [0.25, 0.3) is 0 Å². The minimum absolute atomic E-state index is 0.257. The third-order valence-corrected chi connectivity index (χ3v) is 3.14. The number of anilines is 3. The fourth-order valence-corrected chi connectivity index (χ4v) is 1.98. The number of nitrogens with zero attached hydrogens (tertiary/aromatic N) is 3. The molecule has 0 unspecified atom stereocenters. The van der Waals surface area contributed by atoms with Gasteiger partial charge >= 0.3 is 5.97 Å². The van der Waals surface area contributed by atoms with Crippen LogP contribution in [0.5, 0.6) is 0 Å². The molecule has 0 saturated heterocycles. The molecule has 0 aliphatic carbocycles. The van der Waals surface area contributed by atoms with Gasteiger partial charge in [0.2, 0.25) is 0 Å². The van der Waals surface area contributed by atoms with E-state index >= 15 is 0 Å². The minimum atomic E-state index is -0.938. The van der Waals surface area contributed by atoms with Crippen LogP contribution in [0.15, 0.2) is 36.7 Å². The number of carboxylic acid groups (broad SMARTS) is 1. The molecule has 1 aromatic carbocycles. The average molecular weight is 286 g/mol. The number of benzene rings is 1. The molecular weight excluding hydrogens is 268 g/mol. The second-order valence-corrected chi connectivity index (χ2v) is 4.44. The molecule has 110 valence electrons. The van der Waals surface area contributed by atoms with E-state index in [2.05, 4.69) is 34.0 Å². The molecule has 0 amide bonds. The SMILES string of the molecule is CCN(CC)c1cc(Nc2ccc(C(=O)O)cc2)ncn1. The van der Waals surface area contributed by atoms with Crippen LogP contribution in [0.2, 0.25) is 0 Å². The lowest BCUT2D eigenvalue weighted by atomic mass is 10.2. The first kappa shape index (κ1) is 14.8. The molecule has 0 spiro atoms. The van der Waals surface area contributed by atoms with Gasteiger partial charge < -0.3 is 15.3 Å². The summed E-state index contributed by atoms with van der Waals surface area (Å²) < 4.78 is 0. The summed E-state index contributed by atoms with van der Waals surface area (Å²) in [4.78, 5) is 21.4. The highest BCUT2D eigenvalue weighted by Gasteiger charge is 2.06. The topological polar surface area (TPSA) is 78.4 Å². The third-order valence-electron chi connectivity index (χ3n) is 3.14. The van der Waals surface area contributed by atoms with Gasteiger partial charge in [0.15, 0.2) is 0 Å². The van der Waals surface area contributed by atoms with Crippen molar-refractivity contribution >= 4 is 23.3 Å². The summed E-state index contributed by atoms with van der Waals surface area (Å²) in [6.45, 7) is 5.90. The first-order chi connectivity index (χ1) is 10.1. The van der Waals surface area contributed by atoms with Crippen molar-refractivity contribution in [3.63, 3.8) is 0 Å². The van der Waals surface area contributed by atoms with Crippen molar-refractivity contribution < 1.29 is 9.90 Å². The highest BCUT2D eigenvalue weighted by Crippen LogP contribution is 2.18. The Labute approximate surface area is 123 Å². The molecule has 21 heavy (non-hydrogen) atoms. The van der Waals surface area contributed by atoms with Gasteiger partial charge in [0.1, 0.15) is 18.0 Å². The molecule has 6 heteroatoms. The Hall–Kier alpha value is -2.63. The maximum Gasteiger partial charge on any atom is 0.335 e. The smallest absolute Gasteiger partial charge is 0.335 e. The lowest BCUT2D eigenvalue weighted by Crippen LogP contribution is -2.23. The molecule has 2 N–H and O–H groups in total. The molecule has 1 aromatic heterocycles. The fourth-order valence-electron chi connectivity index (χ4n) is 1.98. The number of carboxylic acids is 1. The lowest BCUT2D eigenvalue weighted by molar-refractivity contribution is 0.0697. The highest BCUT2D eigenvalue weighted by atomic mass is 16.4. The van der Waals surface area contributed by atoms with Crippen LogP contribution >= 0.6 is 0 Å². The molecule has 0 aliphatic heterocycles.